The molecule has 1 fully saturated rings. The molecule has 2 N–H and O–H groups in total. The van der Waals surface area contributed by atoms with E-state index >= 15 is 0 Å². The standard InChI is InChI=1S/C19H16ClN3O2/c20-15-8-4-7-14-13(10-21-17(14)15)9-16-18(24)23(19(25)22-16)11-12-5-2-1-3-6-12/h1-8,10,16,21H,9,11H2,(H,22,25)/t16-/m1/s1. The first-order chi connectivity index (χ1) is 12.1. The van der Waals surface area contributed by atoms with Gasteiger partial charge in [0.05, 0.1) is 17.1 Å². The second-order valence-electron chi connectivity index (χ2n) is 6.09. The Kier molecular flexibility index (Phi) is 3.93. The molecule has 2 aromatic carbocycles. The predicted molar refractivity (Wildman–Crippen MR) is 96.3 cm³/mol. The SMILES string of the molecule is O=C1N[C@H](Cc2c[nH]c3c(Cl)cccc23)C(=O)N1Cc1ccccc1. The van der Waals surface area contributed by atoms with Gasteiger partial charge in [-0.05, 0) is 17.2 Å². The zero-order valence-corrected chi connectivity index (χ0v) is 14.1. The van der Waals surface area contributed by atoms with Gasteiger partial charge < -0.3 is 10.3 Å². The molecular formula is C19H16ClN3O2. The number of nitrogens with zero attached hydrogens (tertiary/aromatic N) is 1. The minimum atomic E-state index is -0.561. The first-order valence-corrected chi connectivity index (χ1v) is 8.41. The third kappa shape index (κ3) is 2.87. The van der Waals surface area contributed by atoms with Gasteiger partial charge in [-0.25, -0.2) is 4.79 Å². The number of aromatic nitrogens is 1. The topological polar surface area (TPSA) is 65.2 Å². The smallest absolute Gasteiger partial charge is 0.325 e. The number of hydrogen-bond donors (Lipinski definition) is 2. The van der Waals surface area contributed by atoms with Gasteiger partial charge >= 0.3 is 6.03 Å². The van der Waals surface area contributed by atoms with Crippen molar-refractivity contribution >= 4 is 34.4 Å². The Labute approximate surface area is 149 Å². The highest BCUT2D eigenvalue weighted by atomic mass is 35.5. The number of carbonyl (C=O) groups is 2. The van der Waals surface area contributed by atoms with Crippen molar-refractivity contribution < 1.29 is 9.59 Å². The molecule has 3 amide bonds. The fourth-order valence-corrected chi connectivity index (χ4v) is 3.42. The first-order valence-electron chi connectivity index (χ1n) is 8.04. The summed E-state index contributed by atoms with van der Waals surface area (Å²) < 4.78 is 0. The summed E-state index contributed by atoms with van der Waals surface area (Å²) in [5.74, 6) is -0.203. The average molecular weight is 354 g/mol. The quantitative estimate of drug-likeness (QED) is 0.705. The van der Waals surface area contributed by atoms with Crippen LogP contribution < -0.4 is 5.32 Å². The molecule has 1 aliphatic heterocycles. The lowest BCUT2D eigenvalue weighted by atomic mass is 10.0. The molecule has 25 heavy (non-hydrogen) atoms. The number of para-hydroxylation sites is 1. The summed E-state index contributed by atoms with van der Waals surface area (Å²) >= 11 is 6.18. The molecular weight excluding hydrogens is 338 g/mol. The van der Waals surface area contributed by atoms with Crippen LogP contribution in [0.4, 0.5) is 4.79 Å². The van der Waals surface area contributed by atoms with Crippen molar-refractivity contribution in [3.05, 3.63) is 70.9 Å². The van der Waals surface area contributed by atoms with Gasteiger partial charge in [-0.2, -0.15) is 0 Å². The fourth-order valence-electron chi connectivity index (χ4n) is 3.20. The lowest BCUT2D eigenvalue weighted by Gasteiger charge is -2.13. The number of imide groups is 1. The number of hydrogen-bond acceptors (Lipinski definition) is 2. The molecule has 0 unspecified atom stereocenters. The molecule has 5 nitrogen and oxygen atoms in total. The molecule has 1 aromatic heterocycles. The molecule has 3 aromatic rings. The van der Waals surface area contributed by atoms with Crippen LogP contribution in [0.25, 0.3) is 10.9 Å². The van der Waals surface area contributed by atoms with E-state index in [0.29, 0.717) is 11.4 Å². The summed E-state index contributed by atoms with van der Waals surface area (Å²) in [6.07, 6.45) is 2.27. The van der Waals surface area contributed by atoms with E-state index < -0.39 is 6.04 Å². The van der Waals surface area contributed by atoms with Crippen LogP contribution in [-0.2, 0) is 17.8 Å². The average Bonchev–Trinajstić information content (AvgIpc) is 3.14. The Morgan fingerprint density at radius 3 is 2.64 bits per heavy atom. The van der Waals surface area contributed by atoms with Crippen LogP contribution in [0, 0.1) is 0 Å². The molecule has 0 saturated carbocycles. The summed E-state index contributed by atoms with van der Waals surface area (Å²) in [4.78, 5) is 29.3. The molecule has 0 spiro atoms. The largest absolute Gasteiger partial charge is 0.360 e. The highest BCUT2D eigenvalue weighted by Gasteiger charge is 2.38. The van der Waals surface area contributed by atoms with Gasteiger partial charge in [0.1, 0.15) is 6.04 Å². The molecule has 0 radical (unpaired) electrons. The zero-order valence-electron chi connectivity index (χ0n) is 13.3. The van der Waals surface area contributed by atoms with Crippen molar-refractivity contribution in [1.82, 2.24) is 15.2 Å². The van der Waals surface area contributed by atoms with Crippen molar-refractivity contribution in [3.8, 4) is 0 Å². The molecule has 4 rings (SSSR count). The van der Waals surface area contributed by atoms with Crippen molar-refractivity contribution in [3.63, 3.8) is 0 Å². The normalized spacial score (nSPS) is 17.3. The van der Waals surface area contributed by atoms with Crippen LogP contribution in [0.1, 0.15) is 11.1 Å². The summed E-state index contributed by atoms with van der Waals surface area (Å²) in [7, 11) is 0. The monoisotopic (exact) mass is 353 g/mol. The van der Waals surface area contributed by atoms with Gasteiger partial charge in [-0.15, -0.1) is 0 Å². The van der Waals surface area contributed by atoms with Crippen LogP contribution in [0.5, 0.6) is 0 Å². The maximum atomic E-state index is 12.7. The molecule has 126 valence electrons. The summed E-state index contributed by atoms with van der Waals surface area (Å²) in [6, 6.07) is 14.2. The Bertz CT molecular complexity index is 952. The zero-order chi connectivity index (χ0) is 17.4. The molecule has 1 saturated heterocycles. The van der Waals surface area contributed by atoms with Crippen molar-refractivity contribution in [2.24, 2.45) is 0 Å². The van der Waals surface area contributed by atoms with E-state index in [1.54, 1.807) is 0 Å². The van der Waals surface area contributed by atoms with Gasteiger partial charge in [0.25, 0.3) is 5.91 Å². The van der Waals surface area contributed by atoms with Gasteiger partial charge in [0.2, 0.25) is 0 Å². The Morgan fingerprint density at radius 2 is 1.84 bits per heavy atom. The van der Waals surface area contributed by atoms with E-state index in [1.165, 1.54) is 4.90 Å². The van der Waals surface area contributed by atoms with Crippen LogP contribution in [0.3, 0.4) is 0 Å². The second kappa shape index (κ2) is 6.26. The number of amides is 3. The van der Waals surface area contributed by atoms with Gasteiger partial charge in [0.15, 0.2) is 0 Å². The number of rotatable bonds is 4. The fraction of sp³-hybridized carbons (Fsp3) is 0.158. The van der Waals surface area contributed by atoms with E-state index in [2.05, 4.69) is 10.3 Å². The van der Waals surface area contributed by atoms with Crippen LogP contribution in [-0.4, -0.2) is 27.9 Å². The molecule has 6 heteroatoms. The van der Waals surface area contributed by atoms with Crippen molar-refractivity contribution in [2.75, 3.05) is 0 Å². The number of urea groups is 1. The van der Waals surface area contributed by atoms with Gasteiger partial charge in [0, 0.05) is 18.0 Å². The predicted octanol–water partition coefficient (Wildman–Crippen LogP) is 3.48. The molecule has 2 heterocycles. The summed E-state index contributed by atoms with van der Waals surface area (Å²) in [6.45, 7) is 0.279. The lowest BCUT2D eigenvalue weighted by Crippen LogP contribution is -2.32. The number of carbonyl (C=O) groups excluding carboxylic acids is 2. The maximum absolute atomic E-state index is 12.7. The first kappa shape index (κ1) is 15.7. The molecule has 0 aliphatic carbocycles. The Hall–Kier alpha value is -2.79. The minimum Gasteiger partial charge on any atom is -0.360 e. The van der Waals surface area contributed by atoms with E-state index in [0.717, 1.165) is 22.0 Å². The number of halogens is 1. The number of H-pyrrole nitrogens is 1. The molecule has 0 bridgehead atoms. The number of benzene rings is 2. The third-order valence-corrected chi connectivity index (χ3v) is 4.78. The van der Waals surface area contributed by atoms with Crippen LogP contribution in [0.2, 0.25) is 5.02 Å². The molecule has 1 aliphatic rings. The summed E-state index contributed by atoms with van der Waals surface area (Å²) in [5, 5.41) is 4.39. The third-order valence-electron chi connectivity index (χ3n) is 4.46. The van der Waals surface area contributed by atoms with E-state index in [1.807, 2.05) is 54.7 Å². The minimum absolute atomic E-state index is 0.203. The number of aromatic amines is 1. The van der Waals surface area contributed by atoms with Gasteiger partial charge in [-0.1, -0.05) is 54.1 Å². The lowest BCUT2D eigenvalue weighted by molar-refractivity contribution is -0.127. The highest BCUT2D eigenvalue weighted by molar-refractivity contribution is 6.35. The van der Waals surface area contributed by atoms with Crippen LogP contribution >= 0.6 is 11.6 Å². The van der Waals surface area contributed by atoms with Crippen molar-refractivity contribution in [1.29, 1.82) is 0 Å². The van der Waals surface area contributed by atoms with Gasteiger partial charge in [-0.3, -0.25) is 9.69 Å². The van der Waals surface area contributed by atoms with Crippen molar-refractivity contribution in [2.45, 2.75) is 19.0 Å². The molecule has 1 atom stereocenters. The van der Waals surface area contributed by atoms with E-state index in [9.17, 15) is 9.59 Å². The highest BCUT2D eigenvalue weighted by Crippen LogP contribution is 2.27. The Balaban J connectivity index is 1.54. The Morgan fingerprint density at radius 1 is 1.04 bits per heavy atom. The van der Waals surface area contributed by atoms with E-state index in [-0.39, 0.29) is 18.5 Å². The number of nitrogens with one attached hydrogen (secondary N) is 2. The van der Waals surface area contributed by atoms with Crippen LogP contribution in [0.15, 0.2) is 54.7 Å². The second-order valence-corrected chi connectivity index (χ2v) is 6.50. The maximum Gasteiger partial charge on any atom is 0.325 e. The van der Waals surface area contributed by atoms with E-state index in [4.69, 9.17) is 11.6 Å². The summed E-state index contributed by atoms with van der Waals surface area (Å²) in [5.41, 5.74) is 2.72. The number of fused-ring (bicyclic) bond motifs is 1.